The second-order valence-electron chi connectivity index (χ2n) is 6.00. The minimum atomic E-state index is -0.168. The Morgan fingerprint density at radius 3 is 3.15 bits per heavy atom. The van der Waals surface area contributed by atoms with Crippen LogP contribution in [0.2, 0.25) is 0 Å². The first kappa shape index (κ1) is 12.1. The lowest BCUT2D eigenvalue weighted by Gasteiger charge is -2.28. The zero-order chi connectivity index (χ0) is 13.7. The average Bonchev–Trinajstić information content (AvgIpc) is 3.00. The van der Waals surface area contributed by atoms with Crippen LogP contribution in [0.1, 0.15) is 43.1 Å². The van der Waals surface area contributed by atoms with Gasteiger partial charge in [-0.15, -0.1) is 0 Å². The third-order valence-corrected chi connectivity index (χ3v) is 4.65. The molecule has 3 heterocycles. The van der Waals surface area contributed by atoms with Gasteiger partial charge in [-0.1, -0.05) is 0 Å². The summed E-state index contributed by atoms with van der Waals surface area (Å²) >= 11 is 0. The van der Waals surface area contributed by atoms with Crippen LogP contribution in [0.25, 0.3) is 11.0 Å². The van der Waals surface area contributed by atoms with Gasteiger partial charge in [-0.3, -0.25) is 0 Å². The molecular formula is C15H20N4O. The van der Waals surface area contributed by atoms with Crippen molar-refractivity contribution in [2.24, 2.45) is 0 Å². The van der Waals surface area contributed by atoms with Crippen LogP contribution >= 0.6 is 0 Å². The molecule has 2 atom stereocenters. The molecule has 2 aromatic rings. The first-order valence-electron chi connectivity index (χ1n) is 7.52. The molecule has 1 aliphatic heterocycles. The summed E-state index contributed by atoms with van der Waals surface area (Å²) in [5, 5.41) is 13.3. The summed E-state index contributed by atoms with van der Waals surface area (Å²) in [6, 6.07) is 0.371. The number of pyridine rings is 1. The van der Waals surface area contributed by atoms with Gasteiger partial charge in [0.25, 0.3) is 0 Å². The summed E-state index contributed by atoms with van der Waals surface area (Å²) in [6.07, 6.45) is 6.72. The zero-order valence-corrected chi connectivity index (χ0v) is 11.8. The fourth-order valence-corrected chi connectivity index (χ4v) is 3.79. The first-order valence-corrected chi connectivity index (χ1v) is 7.52. The van der Waals surface area contributed by atoms with Crippen LogP contribution in [0.4, 0.5) is 5.82 Å². The Bertz CT molecular complexity index is 663. The Morgan fingerprint density at radius 2 is 2.30 bits per heavy atom. The van der Waals surface area contributed by atoms with E-state index in [4.69, 9.17) is 0 Å². The van der Waals surface area contributed by atoms with Gasteiger partial charge in [-0.25, -0.2) is 9.97 Å². The van der Waals surface area contributed by atoms with E-state index < -0.39 is 0 Å². The van der Waals surface area contributed by atoms with Crippen molar-refractivity contribution in [1.82, 2.24) is 14.5 Å². The van der Waals surface area contributed by atoms with Gasteiger partial charge in [0.05, 0.1) is 17.8 Å². The maximum atomic E-state index is 9.98. The van der Waals surface area contributed by atoms with Gasteiger partial charge in [0.1, 0.15) is 17.2 Å². The van der Waals surface area contributed by atoms with Crippen molar-refractivity contribution in [1.29, 1.82) is 0 Å². The molecule has 2 aromatic heterocycles. The van der Waals surface area contributed by atoms with E-state index in [1.165, 1.54) is 11.1 Å². The summed E-state index contributed by atoms with van der Waals surface area (Å²) < 4.78 is 2.35. The Morgan fingerprint density at radius 1 is 1.40 bits per heavy atom. The van der Waals surface area contributed by atoms with Crippen LogP contribution in [0.5, 0.6) is 0 Å². The van der Waals surface area contributed by atoms with Crippen LogP contribution in [0, 0.1) is 6.92 Å². The number of nitrogens with one attached hydrogen (secondary N) is 1. The lowest BCUT2D eigenvalue weighted by atomic mass is 9.92. The van der Waals surface area contributed by atoms with E-state index >= 15 is 0 Å². The highest BCUT2D eigenvalue weighted by molar-refractivity contribution is 5.84. The van der Waals surface area contributed by atoms with E-state index in [1.807, 2.05) is 6.20 Å². The molecule has 106 valence electrons. The molecule has 0 bridgehead atoms. The SMILES string of the molecule is Cc1nc2cnc3c(c2n1C1CCCC(O)C1)CCN3. The van der Waals surface area contributed by atoms with Crippen LogP contribution in [-0.4, -0.2) is 32.3 Å². The third kappa shape index (κ3) is 1.73. The van der Waals surface area contributed by atoms with Crippen molar-refractivity contribution in [3.8, 4) is 0 Å². The molecule has 1 aliphatic carbocycles. The molecule has 0 aromatic carbocycles. The topological polar surface area (TPSA) is 63.0 Å². The lowest BCUT2D eigenvalue weighted by molar-refractivity contribution is 0.104. The number of imidazole rings is 1. The minimum Gasteiger partial charge on any atom is -0.393 e. The minimum absolute atomic E-state index is 0.168. The molecule has 2 unspecified atom stereocenters. The van der Waals surface area contributed by atoms with Crippen LogP contribution in [-0.2, 0) is 6.42 Å². The highest BCUT2D eigenvalue weighted by Crippen LogP contribution is 2.36. The Hall–Kier alpha value is -1.62. The summed E-state index contributed by atoms with van der Waals surface area (Å²) in [4.78, 5) is 9.15. The summed E-state index contributed by atoms with van der Waals surface area (Å²) in [5.74, 6) is 2.05. The fraction of sp³-hybridized carbons (Fsp3) is 0.600. The van der Waals surface area contributed by atoms with E-state index in [1.54, 1.807) is 0 Å². The molecule has 0 radical (unpaired) electrons. The van der Waals surface area contributed by atoms with Crippen molar-refractivity contribution in [3.05, 3.63) is 17.6 Å². The molecule has 0 spiro atoms. The molecule has 2 N–H and O–H groups in total. The number of anilines is 1. The van der Waals surface area contributed by atoms with Crippen LogP contribution in [0.15, 0.2) is 6.20 Å². The molecule has 5 heteroatoms. The maximum absolute atomic E-state index is 9.98. The normalized spacial score (nSPS) is 25.7. The summed E-state index contributed by atoms with van der Waals surface area (Å²) in [6.45, 7) is 3.02. The number of rotatable bonds is 1. The van der Waals surface area contributed by atoms with Crippen molar-refractivity contribution >= 4 is 16.9 Å². The number of aliphatic hydroxyl groups excluding tert-OH is 1. The van der Waals surface area contributed by atoms with Crippen LogP contribution < -0.4 is 5.32 Å². The van der Waals surface area contributed by atoms with E-state index in [2.05, 4.69) is 26.8 Å². The van der Waals surface area contributed by atoms with Crippen molar-refractivity contribution in [2.45, 2.75) is 51.2 Å². The maximum Gasteiger partial charge on any atom is 0.131 e. The van der Waals surface area contributed by atoms with Gasteiger partial charge in [-0.05, 0) is 39.0 Å². The average molecular weight is 272 g/mol. The number of fused-ring (bicyclic) bond motifs is 3. The Balaban J connectivity index is 1.90. The zero-order valence-electron chi connectivity index (χ0n) is 11.8. The van der Waals surface area contributed by atoms with Gasteiger partial charge in [0, 0.05) is 18.2 Å². The van der Waals surface area contributed by atoms with Gasteiger partial charge >= 0.3 is 0 Å². The van der Waals surface area contributed by atoms with E-state index in [9.17, 15) is 5.11 Å². The smallest absolute Gasteiger partial charge is 0.131 e. The number of hydrogen-bond acceptors (Lipinski definition) is 4. The quantitative estimate of drug-likeness (QED) is 0.835. The largest absolute Gasteiger partial charge is 0.393 e. The predicted molar refractivity (Wildman–Crippen MR) is 78.0 cm³/mol. The van der Waals surface area contributed by atoms with Gasteiger partial charge in [-0.2, -0.15) is 0 Å². The molecule has 4 rings (SSSR count). The molecule has 1 saturated carbocycles. The third-order valence-electron chi connectivity index (χ3n) is 4.65. The number of aryl methyl sites for hydroxylation is 1. The molecule has 5 nitrogen and oxygen atoms in total. The second-order valence-corrected chi connectivity index (χ2v) is 6.00. The van der Waals surface area contributed by atoms with Crippen LogP contribution in [0.3, 0.4) is 0 Å². The highest BCUT2D eigenvalue weighted by atomic mass is 16.3. The van der Waals surface area contributed by atoms with Gasteiger partial charge in [0.2, 0.25) is 0 Å². The van der Waals surface area contributed by atoms with Gasteiger partial charge in [0.15, 0.2) is 0 Å². The molecule has 0 saturated heterocycles. The molecule has 20 heavy (non-hydrogen) atoms. The fourth-order valence-electron chi connectivity index (χ4n) is 3.79. The molecule has 1 fully saturated rings. The molecule has 0 amide bonds. The number of aliphatic hydroxyl groups is 1. The Labute approximate surface area is 118 Å². The summed E-state index contributed by atoms with van der Waals surface area (Å²) in [7, 11) is 0. The standard InChI is InChI=1S/C15H20N4O/c1-9-18-13-8-17-15-12(5-6-16-15)14(13)19(9)10-3-2-4-11(20)7-10/h8,10-11,20H,2-7H2,1H3,(H,16,17). The lowest BCUT2D eigenvalue weighted by Crippen LogP contribution is -2.23. The van der Waals surface area contributed by atoms with Crippen molar-refractivity contribution in [3.63, 3.8) is 0 Å². The number of nitrogens with zero attached hydrogens (tertiary/aromatic N) is 3. The van der Waals surface area contributed by atoms with Crippen molar-refractivity contribution in [2.75, 3.05) is 11.9 Å². The number of aromatic nitrogens is 3. The first-order chi connectivity index (χ1) is 9.74. The van der Waals surface area contributed by atoms with E-state index in [0.717, 1.165) is 55.8 Å². The predicted octanol–water partition coefficient (Wildman–Crippen LogP) is 2.18. The van der Waals surface area contributed by atoms with Gasteiger partial charge < -0.3 is 15.0 Å². The number of hydrogen-bond donors (Lipinski definition) is 2. The highest BCUT2D eigenvalue weighted by Gasteiger charge is 2.27. The summed E-state index contributed by atoms with van der Waals surface area (Å²) in [5.41, 5.74) is 3.52. The monoisotopic (exact) mass is 272 g/mol. The molecular weight excluding hydrogens is 252 g/mol. The Kier molecular flexibility index (Phi) is 2.70. The van der Waals surface area contributed by atoms with Crippen molar-refractivity contribution < 1.29 is 5.11 Å². The molecule has 2 aliphatic rings. The van der Waals surface area contributed by atoms with E-state index in [-0.39, 0.29) is 6.10 Å². The van der Waals surface area contributed by atoms with E-state index in [0.29, 0.717) is 6.04 Å². The second kappa shape index (κ2) is 4.45.